The molecule has 0 radical (unpaired) electrons. The highest BCUT2D eigenvalue weighted by Crippen LogP contribution is 2.20. The molecule has 2 aromatic rings. The summed E-state index contributed by atoms with van der Waals surface area (Å²) >= 11 is 5.92. The van der Waals surface area contributed by atoms with Crippen molar-refractivity contribution >= 4 is 23.2 Å². The highest BCUT2D eigenvalue weighted by molar-refractivity contribution is 6.33. The van der Waals surface area contributed by atoms with Crippen LogP contribution >= 0.6 is 11.6 Å². The third-order valence-corrected chi connectivity index (χ3v) is 2.80. The van der Waals surface area contributed by atoms with Crippen molar-refractivity contribution in [1.29, 1.82) is 0 Å². The minimum atomic E-state index is -0.734. The third-order valence-electron chi connectivity index (χ3n) is 2.47. The number of hydrogen-bond acceptors (Lipinski definition) is 3. The SMILES string of the molecule is N[C@H](C(=O)Nc1cnccc1Cl)c1ccccc1. The van der Waals surface area contributed by atoms with Gasteiger partial charge in [0.05, 0.1) is 16.9 Å². The fraction of sp³-hybridized carbons (Fsp3) is 0.0769. The van der Waals surface area contributed by atoms with Gasteiger partial charge in [0.25, 0.3) is 0 Å². The number of nitrogens with zero attached hydrogens (tertiary/aromatic N) is 1. The van der Waals surface area contributed by atoms with Gasteiger partial charge in [-0.05, 0) is 11.6 Å². The van der Waals surface area contributed by atoms with Gasteiger partial charge in [0.15, 0.2) is 0 Å². The molecule has 0 unspecified atom stereocenters. The van der Waals surface area contributed by atoms with E-state index < -0.39 is 6.04 Å². The number of nitrogens with two attached hydrogens (primary N) is 1. The van der Waals surface area contributed by atoms with E-state index in [1.165, 1.54) is 6.20 Å². The maximum absolute atomic E-state index is 11.9. The standard InChI is InChI=1S/C13H12ClN3O/c14-10-6-7-16-8-11(10)17-13(18)12(15)9-4-2-1-3-5-9/h1-8,12H,15H2,(H,17,18)/t12-/m0/s1. The molecule has 2 rings (SSSR count). The van der Waals surface area contributed by atoms with Gasteiger partial charge >= 0.3 is 0 Å². The maximum atomic E-state index is 11.9. The Morgan fingerprint density at radius 2 is 2.00 bits per heavy atom. The average Bonchev–Trinajstić information content (AvgIpc) is 2.41. The van der Waals surface area contributed by atoms with Gasteiger partial charge in [-0.15, -0.1) is 0 Å². The summed E-state index contributed by atoms with van der Waals surface area (Å²) in [5.41, 5.74) is 7.06. The van der Waals surface area contributed by atoms with Crippen molar-refractivity contribution in [1.82, 2.24) is 4.98 Å². The van der Waals surface area contributed by atoms with E-state index in [0.717, 1.165) is 5.56 Å². The van der Waals surface area contributed by atoms with Gasteiger partial charge < -0.3 is 11.1 Å². The normalized spacial score (nSPS) is 11.9. The molecular formula is C13H12ClN3O. The average molecular weight is 262 g/mol. The lowest BCUT2D eigenvalue weighted by molar-refractivity contribution is -0.117. The quantitative estimate of drug-likeness (QED) is 0.891. The van der Waals surface area contributed by atoms with Crippen molar-refractivity contribution in [2.24, 2.45) is 5.73 Å². The second-order valence-electron chi connectivity index (χ2n) is 3.73. The lowest BCUT2D eigenvalue weighted by atomic mass is 10.1. The molecule has 4 nitrogen and oxygen atoms in total. The minimum absolute atomic E-state index is 0.323. The number of rotatable bonds is 3. The Morgan fingerprint density at radius 1 is 1.28 bits per heavy atom. The van der Waals surface area contributed by atoms with Gasteiger partial charge in [0.1, 0.15) is 6.04 Å². The van der Waals surface area contributed by atoms with Crippen molar-refractivity contribution in [3.05, 3.63) is 59.4 Å². The molecule has 1 amide bonds. The van der Waals surface area contributed by atoms with Gasteiger partial charge in [0.2, 0.25) is 5.91 Å². The number of halogens is 1. The van der Waals surface area contributed by atoms with Crippen LogP contribution in [-0.2, 0) is 4.79 Å². The fourth-order valence-corrected chi connectivity index (χ4v) is 1.64. The molecule has 0 saturated heterocycles. The Labute approximate surface area is 110 Å². The second kappa shape index (κ2) is 5.62. The predicted octanol–water partition coefficient (Wildman–Crippen LogP) is 2.37. The molecule has 1 aromatic heterocycles. The Balaban J connectivity index is 2.12. The molecule has 1 aromatic carbocycles. The van der Waals surface area contributed by atoms with Crippen molar-refractivity contribution in [2.45, 2.75) is 6.04 Å². The monoisotopic (exact) mass is 261 g/mol. The van der Waals surface area contributed by atoms with Gasteiger partial charge in [-0.2, -0.15) is 0 Å². The molecule has 0 aliphatic heterocycles. The molecule has 18 heavy (non-hydrogen) atoms. The largest absolute Gasteiger partial charge is 0.322 e. The van der Waals surface area contributed by atoms with Crippen molar-refractivity contribution in [3.63, 3.8) is 0 Å². The summed E-state index contributed by atoms with van der Waals surface area (Å²) in [7, 11) is 0. The van der Waals surface area contributed by atoms with Crippen LogP contribution in [0.1, 0.15) is 11.6 Å². The Kier molecular flexibility index (Phi) is 3.92. The molecule has 92 valence electrons. The minimum Gasteiger partial charge on any atom is -0.322 e. The first-order valence-corrected chi connectivity index (χ1v) is 5.77. The number of aromatic nitrogens is 1. The molecule has 3 N–H and O–H groups in total. The molecule has 0 saturated carbocycles. The maximum Gasteiger partial charge on any atom is 0.245 e. The van der Waals surface area contributed by atoms with E-state index in [4.69, 9.17) is 17.3 Å². The van der Waals surface area contributed by atoms with Crippen LogP contribution in [0.5, 0.6) is 0 Å². The first kappa shape index (κ1) is 12.5. The molecule has 0 spiro atoms. The summed E-state index contributed by atoms with van der Waals surface area (Å²) in [6, 6.07) is 10.0. The summed E-state index contributed by atoms with van der Waals surface area (Å²) in [5, 5.41) is 3.08. The number of anilines is 1. The van der Waals surface area contributed by atoms with E-state index in [9.17, 15) is 4.79 Å². The fourth-order valence-electron chi connectivity index (χ4n) is 1.49. The van der Waals surface area contributed by atoms with E-state index in [1.807, 2.05) is 18.2 Å². The van der Waals surface area contributed by atoms with Gasteiger partial charge in [0, 0.05) is 6.20 Å². The van der Waals surface area contributed by atoms with Crippen LogP contribution in [0, 0.1) is 0 Å². The molecular weight excluding hydrogens is 250 g/mol. The molecule has 1 atom stereocenters. The van der Waals surface area contributed by atoms with Crippen LogP contribution in [0.15, 0.2) is 48.8 Å². The zero-order valence-corrected chi connectivity index (χ0v) is 10.3. The Bertz CT molecular complexity index is 545. The smallest absolute Gasteiger partial charge is 0.245 e. The van der Waals surface area contributed by atoms with E-state index >= 15 is 0 Å². The topological polar surface area (TPSA) is 68.0 Å². The zero-order chi connectivity index (χ0) is 13.0. The Morgan fingerprint density at radius 3 is 2.67 bits per heavy atom. The lowest BCUT2D eigenvalue weighted by Gasteiger charge is -2.12. The summed E-state index contributed by atoms with van der Waals surface area (Å²) in [6.07, 6.45) is 3.03. The van der Waals surface area contributed by atoms with Crippen LogP contribution in [-0.4, -0.2) is 10.9 Å². The van der Waals surface area contributed by atoms with Crippen LogP contribution in [0.2, 0.25) is 5.02 Å². The van der Waals surface area contributed by atoms with Crippen molar-refractivity contribution < 1.29 is 4.79 Å². The van der Waals surface area contributed by atoms with Crippen LogP contribution in [0.3, 0.4) is 0 Å². The van der Waals surface area contributed by atoms with Crippen LogP contribution in [0.4, 0.5) is 5.69 Å². The number of carbonyl (C=O) groups is 1. The molecule has 0 bridgehead atoms. The Hall–Kier alpha value is -1.91. The van der Waals surface area contributed by atoms with Crippen LogP contribution < -0.4 is 11.1 Å². The summed E-state index contributed by atoms with van der Waals surface area (Å²) < 4.78 is 0. The molecule has 0 fully saturated rings. The number of amides is 1. The number of nitrogens with one attached hydrogen (secondary N) is 1. The van der Waals surface area contributed by atoms with Gasteiger partial charge in [-0.3, -0.25) is 9.78 Å². The summed E-state index contributed by atoms with van der Waals surface area (Å²) in [4.78, 5) is 15.8. The molecule has 5 heteroatoms. The van der Waals surface area contributed by atoms with Crippen molar-refractivity contribution in [2.75, 3.05) is 5.32 Å². The first-order chi connectivity index (χ1) is 8.68. The number of carbonyl (C=O) groups excluding carboxylic acids is 1. The summed E-state index contributed by atoms with van der Waals surface area (Å²) in [5.74, 6) is -0.323. The summed E-state index contributed by atoms with van der Waals surface area (Å²) in [6.45, 7) is 0. The number of benzene rings is 1. The zero-order valence-electron chi connectivity index (χ0n) is 9.51. The third kappa shape index (κ3) is 2.85. The van der Waals surface area contributed by atoms with E-state index in [2.05, 4.69) is 10.3 Å². The second-order valence-corrected chi connectivity index (χ2v) is 4.14. The first-order valence-electron chi connectivity index (χ1n) is 5.39. The van der Waals surface area contributed by atoms with Gasteiger partial charge in [-0.25, -0.2) is 0 Å². The lowest BCUT2D eigenvalue weighted by Crippen LogP contribution is -2.27. The van der Waals surface area contributed by atoms with Crippen LogP contribution in [0.25, 0.3) is 0 Å². The highest BCUT2D eigenvalue weighted by atomic mass is 35.5. The highest BCUT2D eigenvalue weighted by Gasteiger charge is 2.16. The van der Waals surface area contributed by atoms with Crippen molar-refractivity contribution in [3.8, 4) is 0 Å². The molecule has 0 aliphatic rings. The number of pyridine rings is 1. The number of hydrogen-bond donors (Lipinski definition) is 2. The predicted molar refractivity (Wildman–Crippen MR) is 71.2 cm³/mol. The van der Waals surface area contributed by atoms with Gasteiger partial charge in [-0.1, -0.05) is 41.9 Å². The molecule has 0 aliphatic carbocycles. The van der Waals surface area contributed by atoms with E-state index in [1.54, 1.807) is 24.4 Å². The van der Waals surface area contributed by atoms with E-state index in [-0.39, 0.29) is 5.91 Å². The molecule has 1 heterocycles. The van der Waals surface area contributed by atoms with E-state index in [0.29, 0.717) is 10.7 Å².